The maximum atomic E-state index is 15.0. The van der Waals surface area contributed by atoms with E-state index in [4.69, 9.17) is 21.7 Å². The van der Waals surface area contributed by atoms with Crippen LogP contribution >= 0.6 is 11.6 Å². The maximum absolute atomic E-state index is 15.0. The molecule has 9 rings (SSSR count). The molecule has 1 fully saturated rings. The minimum atomic E-state index is -3.85. The fraction of sp³-hybridized carbons (Fsp3) is 0.190. The highest BCUT2D eigenvalue weighted by molar-refractivity contribution is 7.92. The van der Waals surface area contributed by atoms with Crippen molar-refractivity contribution in [2.24, 2.45) is 7.05 Å². The molecule has 1 aliphatic carbocycles. The van der Waals surface area contributed by atoms with Crippen molar-refractivity contribution < 1.29 is 26.4 Å². The number of nitrogens with zero attached hydrogens (tertiary/aromatic N) is 7. The van der Waals surface area contributed by atoms with E-state index in [0.717, 1.165) is 47.8 Å². The summed E-state index contributed by atoms with van der Waals surface area (Å²) in [6, 6.07) is 21.0. The lowest BCUT2D eigenvalue weighted by molar-refractivity contribution is -0.122. The van der Waals surface area contributed by atoms with Gasteiger partial charge in [-0.05, 0) is 73.0 Å². The van der Waals surface area contributed by atoms with Crippen LogP contribution in [0, 0.1) is 17.5 Å². The first kappa shape index (κ1) is 38.9. The van der Waals surface area contributed by atoms with Crippen LogP contribution in [0.15, 0.2) is 95.8 Å². The van der Waals surface area contributed by atoms with E-state index in [9.17, 15) is 26.8 Å². The molecule has 4 heterocycles. The van der Waals surface area contributed by atoms with Crippen molar-refractivity contribution in [2.75, 3.05) is 11.0 Å². The number of fused-ring (bicyclic) bond motifs is 3. The Morgan fingerprint density at radius 2 is 1.65 bits per heavy atom. The molecule has 1 amide bonds. The Kier molecular flexibility index (Phi) is 9.66. The van der Waals surface area contributed by atoms with Gasteiger partial charge in [0, 0.05) is 36.4 Å². The van der Waals surface area contributed by atoms with Crippen LogP contribution in [-0.2, 0) is 34.8 Å². The third-order valence-corrected chi connectivity index (χ3v) is 11.2. The van der Waals surface area contributed by atoms with Gasteiger partial charge in [-0.15, -0.1) is 0 Å². The van der Waals surface area contributed by atoms with Gasteiger partial charge in [0.25, 0.3) is 5.56 Å². The quantitative estimate of drug-likeness (QED) is 0.140. The predicted octanol–water partition coefficient (Wildman–Crippen LogP) is 7.10. The Morgan fingerprint density at radius 1 is 0.917 bits per heavy atom. The standard InChI is InChI=1S/C42H33ClF3N9O4S/c1-53-38-34(16-14-29(43)36(38)40(51-53)52-60(2,58)59)55-41(49-39-28(42(55)57)13-15-31(48-39)26-7-3-5-9-30(26)46)32(19-22-17-24(44)20-25(45)18-22)47-35(56)21-54-33-10-6-4-8-27(33)37(50-54)23-11-12-23/h3-10,13-18,20,23,32H,11-12,19,21H2,1-2H3,(H,47,56)(H,51,52)/t32-/m0/s1. The van der Waals surface area contributed by atoms with Gasteiger partial charge >= 0.3 is 0 Å². The number of sulfonamides is 1. The Balaban J connectivity index is 1.27. The van der Waals surface area contributed by atoms with E-state index in [1.54, 1.807) is 10.7 Å². The fourth-order valence-corrected chi connectivity index (χ4v) is 8.37. The SMILES string of the molecule is Cn1nc(NS(C)(=O)=O)c2c(Cl)ccc(-n3c([C@H](Cc4cc(F)cc(F)c4)NC(=O)Cn4nc(C5CC5)c5ccccc54)nc4nc(-c5ccccc5F)ccc4c3=O)c21. The van der Waals surface area contributed by atoms with Crippen LogP contribution in [-0.4, -0.2) is 54.7 Å². The average molecular weight is 852 g/mol. The summed E-state index contributed by atoms with van der Waals surface area (Å²) < 4.78 is 75.8. The number of halogens is 4. The van der Waals surface area contributed by atoms with Gasteiger partial charge in [0.15, 0.2) is 11.5 Å². The highest BCUT2D eigenvalue weighted by Gasteiger charge is 2.31. The normalized spacial score (nSPS) is 13.6. The molecule has 1 atom stereocenters. The first-order valence-corrected chi connectivity index (χ1v) is 21.0. The van der Waals surface area contributed by atoms with Crippen LogP contribution in [0.2, 0.25) is 5.02 Å². The number of amides is 1. The summed E-state index contributed by atoms with van der Waals surface area (Å²) >= 11 is 6.67. The zero-order valence-electron chi connectivity index (χ0n) is 31.8. The lowest BCUT2D eigenvalue weighted by atomic mass is 10.0. The number of carbonyl (C=O) groups is 1. The molecule has 0 aliphatic heterocycles. The van der Waals surface area contributed by atoms with Crippen LogP contribution in [0.3, 0.4) is 0 Å². The molecule has 304 valence electrons. The molecule has 60 heavy (non-hydrogen) atoms. The Morgan fingerprint density at radius 3 is 2.38 bits per heavy atom. The summed E-state index contributed by atoms with van der Waals surface area (Å²) in [6.07, 6.45) is 2.64. The number of anilines is 1. The van der Waals surface area contributed by atoms with Crippen LogP contribution in [0.5, 0.6) is 0 Å². The van der Waals surface area contributed by atoms with Crippen molar-refractivity contribution in [1.82, 2.24) is 39.4 Å². The number of carbonyl (C=O) groups excluding carboxylic acids is 1. The van der Waals surface area contributed by atoms with Crippen molar-refractivity contribution in [3.63, 3.8) is 0 Å². The summed E-state index contributed by atoms with van der Waals surface area (Å²) in [5.74, 6) is -2.83. The molecule has 0 spiro atoms. The van der Waals surface area contributed by atoms with Crippen LogP contribution in [0.4, 0.5) is 19.0 Å². The number of pyridine rings is 1. The van der Waals surface area contributed by atoms with E-state index in [-0.39, 0.29) is 80.0 Å². The first-order chi connectivity index (χ1) is 28.7. The molecule has 0 saturated heterocycles. The van der Waals surface area contributed by atoms with Crippen molar-refractivity contribution in [2.45, 2.75) is 37.8 Å². The molecule has 18 heteroatoms. The van der Waals surface area contributed by atoms with E-state index in [2.05, 4.69) is 20.1 Å². The predicted molar refractivity (Wildman–Crippen MR) is 221 cm³/mol. The lowest BCUT2D eigenvalue weighted by Gasteiger charge is -2.24. The van der Waals surface area contributed by atoms with Gasteiger partial charge in [0.05, 0.1) is 56.2 Å². The second-order valence-corrected chi connectivity index (χ2v) is 16.9. The lowest BCUT2D eigenvalue weighted by Crippen LogP contribution is -2.37. The highest BCUT2D eigenvalue weighted by Crippen LogP contribution is 2.42. The van der Waals surface area contributed by atoms with Crippen LogP contribution in [0.1, 0.15) is 41.9 Å². The maximum Gasteiger partial charge on any atom is 0.267 e. The molecule has 4 aromatic heterocycles. The Labute approximate surface area is 344 Å². The molecule has 0 unspecified atom stereocenters. The van der Waals surface area contributed by atoms with E-state index in [0.29, 0.717) is 6.07 Å². The van der Waals surface area contributed by atoms with E-state index < -0.39 is 45.0 Å². The smallest absolute Gasteiger partial charge is 0.267 e. The van der Waals surface area contributed by atoms with E-state index >= 15 is 4.39 Å². The van der Waals surface area contributed by atoms with Gasteiger partial charge in [-0.3, -0.25) is 28.2 Å². The number of nitrogens with one attached hydrogen (secondary N) is 2. The minimum Gasteiger partial charge on any atom is -0.344 e. The zero-order valence-corrected chi connectivity index (χ0v) is 33.4. The monoisotopic (exact) mass is 851 g/mol. The number of para-hydroxylation sites is 1. The van der Waals surface area contributed by atoms with Gasteiger partial charge in [-0.25, -0.2) is 31.6 Å². The summed E-state index contributed by atoms with van der Waals surface area (Å²) in [6.45, 7) is -0.262. The zero-order chi connectivity index (χ0) is 42.0. The van der Waals surface area contributed by atoms with Gasteiger partial charge in [0.2, 0.25) is 15.9 Å². The summed E-state index contributed by atoms with van der Waals surface area (Å²) in [5.41, 5.74) is 1.57. The van der Waals surface area contributed by atoms with Gasteiger partial charge < -0.3 is 5.32 Å². The largest absolute Gasteiger partial charge is 0.344 e. The second-order valence-electron chi connectivity index (χ2n) is 14.7. The number of hydrogen-bond acceptors (Lipinski definition) is 8. The molecule has 8 aromatic rings. The van der Waals surface area contributed by atoms with Gasteiger partial charge in [0.1, 0.15) is 29.8 Å². The fourth-order valence-electron chi connectivity index (χ4n) is 7.63. The van der Waals surface area contributed by atoms with Crippen molar-refractivity contribution >= 4 is 66.2 Å². The summed E-state index contributed by atoms with van der Waals surface area (Å²) in [5, 5.41) is 13.3. The molecular formula is C42H33ClF3N9O4S. The number of aryl methyl sites for hydroxylation is 1. The molecule has 0 radical (unpaired) electrons. The third kappa shape index (κ3) is 7.34. The summed E-state index contributed by atoms with van der Waals surface area (Å²) in [4.78, 5) is 38.7. The molecule has 4 aromatic carbocycles. The first-order valence-electron chi connectivity index (χ1n) is 18.7. The minimum absolute atomic E-state index is 0.00363. The number of benzene rings is 4. The van der Waals surface area contributed by atoms with Gasteiger partial charge in [-0.2, -0.15) is 10.2 Å². The van der Waals surface area contributed by atoms with Gasteiger partial charge in [-0.1, -0.05) is 41.9 Å². The van der Waals surface area contributed by atoms with Crippen molar-refractivity contribution in [1.29, 1.82) is 0 Å². The Hall–Kier alpha value is -6.59. The third-order valence-electron chi connectivity index (χ3n) is 10.3. The molecule has 1 saturated carbocycles. The topological polar surface area (TPSA) is 159 Å². The van der Waals surface area contributed by atoms with Crippen molar-refractivity contribution in [3.8, 4) is 16.9 Å². The molecule has 1 aliphatic rings. The van der Waals surface area contributed by atoms with Crippen LogP contribution < -0.4 is 15.6 Å². The van der Waals surface area contributed by atoms with Crippen LogP contribution in [0.25, 0.3) is 49.8 Å². The summed E-state index contributed by atoms with van der Waals surface area (Å²) in [7, 11) is -2.33. The number of hydrogen-bond donors (Lipinski definition) is 2. The van der Waals surface area contributed by atoms with Crippen molar-refractivity contribution in [3.05, 3.63) is 141 Å². The molecule has 13 nitrogen and oxygen atoms in total. The van der Waals surface area contributed by atoms with E-state index in [1.807, 2.05) is 24.3 Å². The van der Waals surface area contributed by atoms with E-state index in [1.165, 1.54) is 58.8 Å². The number of aromatic nitrogens is 7. The highest BCUT2D eigenvalue weighted by atomic mass is 35.5. The number of rotatable bonds is 11. The molecule has 0 bridgehead atoms. The molecule has 2 N–H and O–H groups in total. The average Bonchev–Trinajstić information content (AvgIpc) is 3.90. The molecular weight excluding hydrogens is 819 g/mol. The second kappa shape index (κ2) is 14.9. The Bertz CT molecular complexity index is 3220.